The summed E-state index contributed by atoms with van der Waals surface area (Å²) in [5.74, 6) is -0.0481. The zero-order valence-corrected chi connectivity index (χ0v) is 10.9. The van der Waals surface area contributed by atoms with Crippen molar-refractivity contribution in [3.63, 3.8) is 0 Å². The molecule has 0 fully saturated rings. The van der Waals surface area contributed by atoms with Gasteiger partial charge in [0.05, 0.1) is 16.8 Å². The van der Waals surface area contributed by atoms with E-state index in [1.165, 1.54) is 0 Å². The molecule has 0 aliphatic carbocycles. The molecule has 0 aromatic heterocycles. The van der Waals surface area contributed by atoms with Gasteiger partial charge in [0.15, 0.2) is 0 Å². The molecule has 0 saturated heterocycles. The monoisotopic (exact) mass is 271 g/mol. The predicted molar refractivity (Wildman–Crippen MR) is 74.2 cm³/mol. The summed E-state index contributed by atoms with van der Waals surface area (Å²) >= 11 is 6.05. The number of aliphatic imine (C=N–C) groups is 1. The zero-order chi connectivity index (χ0) is 13.4. The number of aryl methyl sites for hydroxylation is 1. The third-order valence-electron chi connectivity index (χ3n) is 2.95. The minimum Gasteiger partial charge on any atom is -0.403 e. The molecule has 1 aliphatic rings. The third kappa shape index (κ3) is 2.13. The molecule has 0 radical (unpaired) electrons. The molecule has 3 rings (SSSR count). The Bertz CT molecular complexity index is 707. The van der Waals surface area contributed by atoms with Crippen LogP contribution in [0.5, 0.6) is 0 Å². The molecule has 0 atom stereocenters. The van der Waals surface area contributed by atoms with Crippen LogP contribution < -0.4 is 0 Å². The van der Waals surface area contributed by atoms with Crippen molar-refractivity contribution >= 4 is 29.2 Å². The largest absolute Gasteiger partial charge is 0.403 e. The van der Waals surface area contributed by atoms with E-state index in [1.807, 2.05) is 31.2 Å². The van der Waals surface area contributed by atoms with Crippen molar-refractivity contribution in [1.82, 2.24) is 0 Å². The second-order valence-electron chi connectivity index (χ2n) is 4.29. The topological polar surface area (TPSA) is 38.7 Å². The molecule has 0 amide bonds. The molecule has 0 saturated carbocycles. The quantitative estimate of drug-likeness (QED) is 0.738. The Morgan fingerprint density at radius 3 is 2.58 bits per heavy atom. The molecule has 94 valence electrons. The number of hydrogen-bond acceptors (Lipinski definition) is 3. The van der Waals surface area contributed by atoms with E-state index >= 15 is 0 Å². The van der Waals surface area contributed by atoms with E-state index in [9.17, 15) is 4.79 Å². The maximum Gasteiger partial charge on any atom is 0.345 e. The van der Waals surface area contributed by atoms with Crippen molar-refractivity contribution in [1.29, 1.82) is 0 Å². The lowest BCUT2D eigenvalue weighted by Crippen LogP contribution is -1.99. The van der Waals surface area contributed by atoms with E-state index in [1.54, 1.807) is 18.2 Å². The molecule has 2 aromatic carbocycles. The third-order valence-corrected chi connectivity index (χ3v) is 3.36. The number of hydrogen-bond donors (Lipinski definition) is 0. The van der Waals surface area contributed by atoms with E-state index in [0.29, 0.717) is 27.7 Å². The van der Waals surface area contributed by atoms with Gasteiger partial charge in [-0.15, -0.1) is 0 Å². The van der Waals surface area contributed by atoms with Gasteiger partial charge < -0.3 is 4.74 Å². The van der Waals surface area contributed by atoms with E-state index in [0.717, 1.165) is 5.56 Å². The van der Waals surface area contributed by atoms with Crippen LogP contribution in [0.25, 0.3) is 0 Å². The summed E-state index contributed by atoms with van der Waals surface area (Å²) < 4.78 is 5.17. The summed E-state index contributed by atoms with van der Waals surface area (Å²) in [6.45, 7) is 1.92. The first-order valence-corrected chi connectivity index (χ1v) is 6.19. The number of halogens is 1. The number of fused-ring (bicyclic) bond motifs is 1. The van der Waals surface area contributed by atoms with E-state index in [-0.39, 0.29) is 5.97 Å². The highest BCUT2D eigenvalue weighted by molar-refractivity contribution is 6.31. The second kappa shape index (κ2) is 4.52. The minimum absolute atomic E-state index is 0.320. The Morgan fingerprint density at radius 2 is 1.84 bits per heavy atom. The fourth-order valence-electron chi connectivity index (χ4n) is 1.90. The first-order chi connectivity index (χ1) is 9.15. The number of carbonyl (C=O) groups is 1. The van der Waals surface area contributed by atoms with Crippen molar-refractivity contribution in [2.45, 2.75) is 6.92 Å². The lowest BCUT2D eigenvalue weighted by molar-refractivity contribution is 0.0737. The SMILES string of the molecule is Cc1ccc(N=C2OC(=O)c3ccccc32)cc1Cl. The highest BCUT2D eigenvalue weighted by atomic mass is 35.5. The van der Waals surface area contributed by atoms with Crippen molar-refractivity contribution < 1.29 is 9.53 Å². The molecule has 0 N–H and O–H groups in total. The van der Waals surface area contributed by atoms with Crippen LogP contribution in [0.2, 0.25) is 5.02 Å². The van der Waals surface area contributed by atoms with Crippen molar-refractivity contribution in [2.24, 2.45) is 4.99 Å². The number of cyclic esters (lactones) is 1. The summed E-state index contributed by atoms with van der Waals surface area (Å²) in [5, 5.41) is 0.638. The molecule has 19 heavy (non-hydrogen) atoms. The Morgan fingerprint density at radius 1 is 1.11 bits per heavy atom. The normalized spacial score (nSPS) is 15.5. The molecular weight excluding hydrogens is 262 g/mol. The van der Waals surface area contributed by atoms with Gasteiger partial charge in [0.25, 0.3) is 0 Å². The van der Waals surface area contributed by atoms with Crippen LogP contribution in [-0.4, -0.2) is 11.9 Å². The van der Waals surface area contributed by atoms with Crippen molar-refractivity contribution in [2.75, 3.05) is 0 Å². The van der Waals surface area contributed by atoms with Crippen LogP contribution in [0.3, 0.4) is 0 Å². The fourth-order valence-corrected chi connectivity index (χ4v) is 2.07. The average Bonchev–Trinajstić information content (AvgIpc) is 2.72. The van der Waals surface area contributed by atoms with Crippen LogP contribution in [0.1, 0.15) is 21.5 Å². The molecule has 4 heteroatoms. The molecule has 0 unspecified atom stereocenters. The van der Waals surface area contributed by atoms with Crippen LogP contribution >= 0.6 is 11.6 Å². The van der Waals surface area contributed by atoms with Crippen molar-refractivity contribution in [3.05, 3.63) is 64.2 Å². The maximum atomic E-state index is 11.7. The molecular formula is C15H10ClNO2. The number of rotatable bonds is 1. The van der Waals surface area contributed by atoms with Gasteiger partial charge in [0, 0.05) is 5.02 Å². The number of carbonyl (C=O) groups excluding carboxylic acids is 1. The zero-order valence-electron chi connectivity index (χ0n) is 10.2. The number of nitrogens with zero attached hydrogens (tertiary/aromatic N) is 1. The molecule has 0 spiro atoms. The van der Waals surface area contributed by atoms with Gasteiger partial charge >= 0.3 is 5.97 Å². The van der Waals surface area contributed by atoms with Gasteiger partial charge in [0.2, 0.25) is 5.90 Å². The highest BCUT2D eigenvalue weighted by Crippen LogP contribution is 2.26. The Balaban J connectivity index is 2.06. The first-order valence-electron chi connectivity index (χ1n) is 5.81. The minimum atomic E-state index is -0.368. The summed E-state index contributed by atoms with van der Waals surface area (Å²) in [5.41, 5.74) is 2.90. The van der Waals surface area contributed by atoms with Gasteiger partial charge in [-0.3, -0.25) is 0 Å². The second-order valence-corrected chi connectivity index (χ2v) is 4.69. The van der Waals surface area contributed by atoms with Gasteiger partial charge in [-0.1, -0.05) is 29.8 Å². The molecule has 1 aliphatic heterocycles. The van der Waals surface area contributed by atoms with E-state index in [4.69, 9.17) is 16.3 Å². The van der Waals surface area contributed by atoms with Crippen molar-refractivity contribution in [3.8, 4) is 0 Å². The first kappa shape index (κ1) is 11.9. The van der Waals surface area contributed by atoms with Crippen LogP contribution in [0.15, 0.2) is 47.5 Å². The number of esters is 1. The number of benzene rings is 2. The average molecular weight is 272 g/mol. The molecule has 3 nitrogen and oxygen atoms in total. The van der Waals surface area contributed by atoms with Crippen LogP contribution in [0, 0.1) is 6.92 Å². The van der Waals surface area contributed by atoms with Crippen LogP contribution in [-0.2, 0) is 4.74 Å². The Labute approximate surface area is 115 Å². The van der Waals surface area contributed by atoms with Gasteiger partial charge in [-0.2, -0.15) is 0 Å². The fraction of sp³-hybridized carbons (Fsp3) is 0.0667. The Hall–Kier alpha value is -2.13. The van der Waals surface area contributed by atoms with E-state index in [2.05, 4.69) is 4.99 Å². The van der Waals surface area contributed by atoms with E-state index < -0.39 is 0 Å². The van der Waals surface area contributed by atoms with Gasteiger partial charge in [-0.25, -0.2) is 9.79 Å². The summed E-state index contributed by atoms with van der Waals surface area (Å²) in [4.78, 5) is 16.0. The molecule has 0 bridgehead atoms. The predicted octanol–water partition coefficient (Wildman–Crippen LogP) is 3.90. The number of ether oxygens (including phenoxy) is 1. The summed E-state index contributed by atoms with van der Waals surface area (Å²) in [6.07, 6.45) is 0. The highest BCUT2D eigenvalue weighted by Gasteiger charge is 2.27. The standard InChI is InChI=1S/C15H10ClNO2/c1-9-6-7-10(8-13(9)16)17-14-11-4-2-3-5-12(11)15(18)19-14/h2-8H,1H3. The Kier molecular flexibility index (Phi) is 2.84. The van der Waals surface area contributed by atoms with Gasteiger partial charge in [0.1, 0.15) is 0 Å². The molecule has 2 aromatic rings. The molecule has 1 heterocycles. The summed E-state index contributed by atoms with van der Waals surface area (Å²) in [6, 6.07) is 12.6. The smallest absolute Gasteiger partial charge is 0.345 e. The lowest BCUT2D eigenvalue weighted by atomic mass is 10.1. The van der Waals surface area contributed by atoms with Crippen LogP contribution in [0.4, 0.5) is 5.69 Å². The lowest BCUT2D eigenvalue weighted by Gasteiger charge is -2.01. The summed E-state index contributed by atoms with van der Waals surface area (Å²) in [7, 11) is 0. The maximum absolute atomic E-state index is 11.7. The van der Waals surface area contributed by atoms with Gasteiger partial charge in [-0.05, 0) is 36.8 Å².